The predicted molar refractivity (Wildman–Crippen MR) is 97.9 cm³/mol. The van der Waals surface area contributed by atoms with Crippen LogP contribution in [0.15, 0.2) is 67.0 Å². The van der Waals surface area contributed by atoms with Gasteiger partial charge in [0.2, 0.25) is 5.65 Å². The van der Waals surface area contributed by atoms with Gasteiger partial charge >= 0.3 is 0 Å². The molecule has 0 atom stereocenters. The molecule has 0 radical (unpaired) electrons. The lowest BCUT2D eigenvalue weighted by molar-refractivity contribution is 1.03. The van der Waals surface area contributed by atoms with Gasteiger partial charge in [0.25, 0.3) is 0 Å². The van der Waals surface area contributed by atoms with Gasteiger partial charge in [-0.15, -0.1) is 10.2 Å². The van der Waals surface area contributed by atoms with Crippen LogP contribution in [0, 0.1) is 0 Å². The van der Waals surface area contributed by atoms with Crippen LogP contribution in [-0.4, -0.2) is 24.8 Å². The maximum absolute atomic E-state index is 5.97. The third-order valence-electron chi connectivity index (χ3n) is 4.37. The molecule has 0 amide bonds. The lowest BCUT2D eigenvalue weighted by atomic mass is 10.0. The molecular weight excluding hydrogens is 312 g/mol. The van der Waals surface area contributed by atoms with Crippen LogP contribution in [0.5, 0.6) is 0 Å². The predicted octanol–water partition coefficient (Wildman–Crippen LogP) is 3.52. The number of hydrogen-bond donors (Lipinski definition) is 2. The molecule has 0 unspecified atom stereocenters. The molecule has 6 nitrogen and oxygen atoms in total. The lowest BCUT2D eigenvalue weighted by Gasteiger charge is -2.04. The molecule has 6 heteroatoms. The van der Waals surface area contributed by atoms with Gasteiger partial charge in [-0.2, -0.15) is 5.10 Å². The Morgan fingerprint density at radius 3 is 2.68 bits per heavy atom. The highest BCUT2D eigenvalue weighted by Crippen LogP contribution is 2.36. The van der Waals surface area contributed by atoms with Crippen LogP contribution in [0.25, 0.3) is 38.9 Å². The minimum absolute atomic E-state index is 0.496. The van der Waals surface area contributed by atoms with Crippen LogP contribution < -0.4 is 5.73 Å². The lowest BCUT2D eigenvalue weighted by Crippen LogP contribution is -1.91. The minimum Gasteiger partial charge on any atom is -0.384 e. The first-order chi connectivity index (χ1) is 12.3. The molecule has 120 valence electrons. The van der Waals surface area contributed by atoms with Crippen molar-refractivity contribution >= 4 is 22.4 Å². The topological polar surface area (TPSA) is 84.9 Å². The van der Waals surface area contributed by atoms with Gasteiger partial charge in [0.1, 0.15) is 5.82 Å². The average molecular weight is 326 g/mol. The molecule has 0 aliphatic heterocycles. The SMILES string of the molecule is Nc1[nH]nc2nnc(-c3c(-c4ccccc4)cn4ccccc34)cc12. The van der Waals surface area contributed by atoms with Crippen molar-refractivity contribution in [1.82, 2.24) is 24.8 Å². The number of nitrogen functional groups attached to an aromatic ring is 1. The number of anilines is 1. The number of aromatic amines is 1. The monoisotopic (exact) mass is 326 g/mol. The van der Waals surface area contributed by atoms with E-state index in [0.717, 1.165) is 33.3 Å². The van der Waals surface area contributed by atoms with Gasteiger partial charge in [-0.25, -0.2) is 0 Å². The Bertz CT molecular complexity index is 1200. The first-order valence-electron chi connectivity index (χ1n) is 7.94. The molecule has 5 rings (SSSR count). The van der Waals surface area contributed by atoms with Crippen LogP contribution in [0.2, 0.25) is 0 Å². The number of fused-ring (bicyclic) bond motifs is 2. The summed E-state index contributed by atoms with van der Waals surface area (Å²) in [7, 11) is 0. The van der Waals surface area contributed by atoms with E-state index < -0.39 is 0 Å². The number of nitrogens with two attached hydrogens (primary N) is 1. The molecule has 4 heterocycles. The molecule has 25 heavy (non-hydrogen) atoms. The number of benzene rings is 1. The first kappa shape index (κ1) is 13.7. The summed E-state index contributed by atoms with van der Waals surface area (Å²) in [6.07, 6.45) is 4.15. The molecular formula is C19H14N6. The van der Waals surface area contributed by atoms with Crippen molar-refractivity contribution in [2.75, 3.05) is 5.73 Å². The highest BCUT2D eigenvalue weighted by atomic mass is 15.2. The van der Waals surface area contributed by atoms with E-state index in [1.54, 1.807) is 0 Å². The van der Waals surface area contributed by atoms with Crippen LogP contribution in [-0.2, 0) is 0 Å². The molecule has 0 saturated carbocycles. The van der Waals surface area contributed by atoms with Crippen molar-refractivity contribution < 1.29 is 0 Å². The maximum atomic E-state index is 5.97. The summed E-state index contributed by atoms with van der Waals surface area (Å²) in [6.45, 7) is 0. The molecule has 0 aliphatic rings. The summed E-state index contributed by atoms with van der Waals surface area (Å²) in [5.74, 6) is 0.496. The van der Waals surface area contributed by atoms with Crippen molar-refractivity contribution in [2.45, 2.75) is 0 Å². The second-order valence-corrected chi connectivity index (χ2v) is 5.88. The van der Waals surface area contributed by atoms with Gasteiger partial charge in [0.15, 0.2) is 0 Å². The van der Waals surface area contributed by atoms with E-state index in [2.05, 4.69) is 49.2 Å². The van der Waals surface area contributed by atoms with Crippen molar-refractivity contribution in [3.8, 4) is 22.4 Å². The zero-order chi connectivity index (χ0) is 16.8. The van der Waals surface area contributed by atoms with Gasteiger partial charge in [-0.3, -0.25) is 5.10 Å². The quantitative estimate of drug-likeness (QED) is 0.520. The van der Waals surface area contributed by atoms with Crippen molar-refractivity contribution in [3.63, 3.8) is 0 Å². The molecule has 1 aromatic carbocycles. The van der Waals surface area contributed by atoms with Crippen LogP contribution in [0.4, 0.5) is 5.82 Å². The van der Waals surface area contributed by atoms with E-state index in [9.17, 15) is 0 Å². The van der Waals surface area contributed by atoms with E-state index in [0.29, 0.717) is 11.5 Å². The largest absolute Gasteiger partial charge is 0.384 e. The Morgan fingerprint density at radius 2 is 1.80 bits per heavy atom. The Labute approximate surface area is 142 Å². The molecule has 3 N–H and O–H groups in total. The van der Waals surface area contributed by atoms with E-state index >= 15 is 0 Å². The second-order valence-electron chi connectivity index (χ2n) is 5.88. The summed E-state index contributed by atoms with van der Waals surface area (Å²) in [5, 5.41) is 16.2. The number of pyridine rings is 1. The molecule has 0 fully saturated rings. The van der Waals surface area contributed by atoms with Gasteiger partial charge < -0.3 is 10.1 Å². The zero-order valence-corrected chi connectivity index (χ0v) is 13.2. The van der Waals surface area contributed by atoms with Crippen molar-refractivity contribution in [1.29, 1.82) is 0 Å². The molecule has 0 bridgehead atoms. The average Bonchev–Trinajstić information content (AvgIpc) is 3.23. The van der Waals surface area contributed by atoms with E-state index in [4.69, 9.17) is 5.73 Å². The molecule has 5 aromatic rings. The highest BCUT2D eigenvalue weighted by molar-refractivity contribution is 5.96. The fraction of sp³-hybridized carbons (Fsp3) is 0. The summed E-state index contributed by atoms with van der Waals surface area (Å²) >= 11 is 0. The number of rotatable bonds is 2. The van der Waals surface area contributed by atoms with Gasteiger partial charge in [-0.05, 0) is 23.8 Å². The standard InChI is InChI=1S/C19H14N6/c20-18-13-10-15(21-23-19(13)24-22-18)17-14(12-6-2-1-3-7-12)11-25-9-5-4-8-16(17)25/h1-11H,(H3,20,22,23,24). The third-order valence-corrected chi connectivity index (χ3v) is 4.37. The molecule has 0 spiro atoms. The number of H-pyrrole nitrogens is 1. The van der Waals surface area contributed by atoms with Crippen LogP contribution in [0.1, 0.15) is 0 Å². The Kier molecular flexibility index (Phi) is 2.84. The summed E-state index contributed by atoms with van der Waals surface area (Å²) in [4.78, 5) is 0. The third kappa shape index (κ3) is 2.08. The smallest absolute Gasteiger partial charge is 0.204 e. The Hall–Kier alpha value is -3.67. The summed E-state index contributed by atoms with van der Waals surface area (Å²) in [6, 6.07) is 18.3. The maximum Gasteiger partial charge on any atom is 0.204 e. The van der Waals surface area contributed by atoms with E-state index in [1.807, 2.05) is 42.6 Å². The fourth-order valence-corrected chi connectivity index (χ4v) is 3.19. The fourth-order valence-electron chi connectivity index (χ4n) is 3.19. The van der Waals surface area contributed by atoms with Gasteiger partial charge in [0.05, 0.1) is 16.6 Å². The number of hydrogen-bond acceptors (Lipinski definition) is 4. The normalized spacial score (nSPS) is 11.4. The molecule has 0 saturated heterocycles. The molecule has 0 aliphatic carbocycles. The zero-order valence-electron chi connectivity index (χ0n) is 13.2. The van der Waals surface area contributed by atoms with Crippen LogP contribution in [0.3, 0.4) is 0 Å². The Balaban J connectivity index is 1.85. The van der Waals surface area contributed by atoms with E-state index in [-0.39, 0.29) is 0 Å². The Morgan fingerprint density at radius 1 is 0.960 bits per heavy atom. The van der Waals surface area contributed by atoms with Crippen molar-refractivity contribution in [3.05, 3.63) is 67.0 Å². The van der Waals surface area contributed by atoms with Crippen molar-refractivity contribution in [2.24, 2.45) is 0 Å². The molecule has 4 aromatic heterocycles. The number of nitrogens with zero attached hydrogens (tertiary/aromatic N) is 4. The minimum atomic E-state index is 0.496. The first-order valence-corrected chi connectivity index (χ1v) is 7.94. The summed E-state index contributed by atoms with van der Waals surface area (Å²) < 4.78 is 2.10. The number of aromatic nitrogens is 5. The summed E-state index contributed by atoms with van der Waals surface area (Å²) in [5.41, 5.74) is 11.6. The number of nitrogens with one attached hydrogen (secondary N) is 1. The second kappa shape index (κ2) is 5.17. The highest BCUT2D eigenvalue weighted by Gasteiger charge is 2.17. The van der Waals surface area contributed by atoms with E-state index in [1.165, 1.54) is 0 Å². The van der Waals surface area contributed by atoms with Crippen LogP contribution >= 0.6 is 0 Å². The van der Waals surface area contributed by atoms with Gasteiger partial charge in [-0.1, -0.05) is 36.4 Å². The van der Waals surface area contributed by atoms with Gasteiger partial charge in [0, 0.05) is 23.5 Å².